The molecule has 0 radical (unpaired) electrons. The van der Waals surface area contributed by atoms with Gasteiger partial charge in [0.1, 0.15) is 0 Å². The van der Waals surface area contributed by atoms with Gasteiger partial charge in [0.25, 0.3) is 0 Å². The van der Waals surface area contributed by atoms with Crippen molar-refractivity contribution in [2.45, 2.75) is 13.0 Å². The van der Waals surface area contributed by atoms with Crippen molar-refractivity contribution in [2.75, 3.05) is 13.3 Å². The Bertz CT molecular complexity index is 779. The normalized spacial score (nSPS) is 17.7. The number of ether oxygens (including phenoxy) is 2. The minimum atomic E-state index is 0.337. The molecule has 3 nitrogen and oxygen atoms in total. The van der Waals surface area contributed by atoms with Crippen molar-refractivity contribution in [3.63, 3.8) is 0 Å². The zero-order chi connectivity index (χ0) is 13.8. The summed E-state index contributed by atoms with van der Waals surface area (Å²) in [6.45, 7) is 2.40. The molecule has 3 heterocycles. The lowest BCUT2D eigenvalue weighted by atomic mass is 9.90. The van der Waals surface area contributed by atoms with E-state index in [1.54, 1.807) is 0 Å². The molecule has 0 fully saturated rings. The summed E-state index contributed by atoms with van der Waals surface area (Å²) in [6.07, 6.45) is 3.37. The van der Waals surface area contributed by atoms with Gasteiger partial charge in [0.2, 0.25) is 6.79 Å². The Hall–Kier alpha value is -2.42. The van der Waals surface area contributed by atoms with Crippen LogP contribution in [0.2, 0.25) is 0 Å². The van der Waals surface area contributed by atoms with Crippen molar-refractivity contribution < 1.29 is 9.47 Å². The zero-order valence-corrected chi connectivity index (χ0v) is 11.6. The fourth-order valence-corrected chi connectivity index (χ4v) is 3.48. The van der Waals surface area contributed by atoms with Crippen LogP contribution in [-0.4, -0.2) is 18.2 Å². The maximum Gasteiger partial charge on any atom is 0.231 e. The summed E-state index contributed by atoms with van der Waals surface area (Å²) < 4.78 is 11.0. The Labute approximate surface area is 123 Å². The average Bonchev–Trinajstić information content (AvgIpc) is 2.98. The van der Waals surface area contributed by atoms with E-state index in [-0.39, 0.29) is 0 Å². The third-order valence-electron chi connectivity index (χ3n) is 4.57. The third kappa shape index (κ3) is 1.60. The minimum absolute atomic E-state index is 0.337. The van der Waals surface area contributed by atoms with Gasteiger partial charge in [-0.1, -0.05) is 24.3 Å². The minimum Gasteiger partial charge on any atom is -0.454 e. The standard InChI is InChI=1S/C18H15NO2/c1-2-4-14-10-19-6-5-13-8-17-18(21-11-20-17)9-15(13)16(19)7-12(14)3-1/h1-4,7-9H,5-6,10-11H2. The second-order valence-electron chi connectivity index (χ2n) is 5.76. The smallest absolute Gasteiger partial charge is 0.231 e. The maximum atomic E-state index is 5.55. The quantitative estimate of drug-likeness (QED) is 0.737. The van der Waals surface area contributed by atoms with Crippen LogP contribution in [0.5, 0.6) is 11.5 Å². The van der Waals surface area contributed by atoms with E-state index in [1.807, 2.05) is 0 Å². The molecule has 2 aromatic carbocycles. The molecule has 0 aliphatic carbocycles. The highest BCUT2D eigenvalue weighted by atomic mass is 16.7. The lowest BCUT2D eigenvalue weighted by molar-refractivity contribution is 0.174. The second-order valence-corrected chi connectivity index (χ2v) is 5.76. The first-order valence-electron chi connectivity index (χ1n) is 7.36. The van der Waals surface area contributed by atoms with Gasteiger partial charge < -0.3 is 14.4 Å². The molecule has 0 spiro atoms. The number of benzene rings is 2. The molecule has 3 aliphatic rings. The maximum absolute atomic E-state index is 5.55. The van der Waals surface area contributed by atoms with E-state index in [4.69, 9.17) is 9.47 Å². The van der Waals surface area contributed by atoms with Gasteiger partial charge in [0, 0.05) is 24.4 Å². The van der Waals surface area contributed by atoms with Gasteiger partial charge in [-0.05, 0) is 41.3 Å². The molecule has 0 saturated heterocycles. The summed E-state index contributed by atoms with van der Waals surface area (Å²) in [5.41, 5.74) is 6.70. The average molecular weight is 277 g/mol. The van der Waals surface area contributed by atoms with Crippen molar-refractivity contribution in [3.8, 4) is 11.5 Å². The third-order valence-corrected chi connectivity index (χ3v) is 4.57. The largest absolute Gasteiger partial charge is 0.454 e. The first-order chi connectivity index (χ1) is 10.4. The lowest BCUT2D eigenvalue weighted by Gasteiger charge is -2.36. The van der Waals surface area contributed by atoms with Crippen molar-refractivity contribution in [2.24, 2.45) is 0 Å². The molecule has 21 heavy (non-hydrogen) atoms. The van der Waals surface area contributed by atoms with Crippen molar-refractivity contribution >= 4 is 11.8 Å². The Morgan fingerprint density at radius 2 is 1.81 bits per heavy atom. The van der Waals surface area contributed by atoms with Crippen LogP contribution in [0.4, 0.5) is 0 Å². The van der Waals surface area contributed by atoms with Gasteiger partial charge in [-0.25, -0.2) is 0 Å². The summed E-state index contributed by atoms with van der Waals surface area (Å²) in [6, 6.07) is 12.9. The molecule has 3 aliphatic heterocycles. The molecule has 2 aromatic rings. The van der Waals surface area contributed by atoms with Crippen molar-refractivity contribution in [3.05, 3.63) is 58.7 Å². The Kier molecular flexibility index (Phi) is 2.17. The molecule has 0 bridgehead atoms. The van der Waals surface area contributed by atoms with Gasteiger partial charge in [-0.2, -0.15) is 0 Å². The van der Waals surface area contributed by atoms with Crippen molar-refractivity contribution in [1.29, 1.82) is 0 Å². The zero-order valence-electron chi connectivity index (χ0n) is 11.6. The molecular formula is C18H15NO2. The predicted octanol–water partition coefficient (Wildman–Crippen LogP) is 3.29. The molecule has 0 atom stereocenters. The number of fused-ring (bicyclic) bond motifs is 5. The summed E-state index contributed by atoms with van der Waals surface area (Å²) in [5.74, 6) is 1.76. The first kappa shape index (κ1) is 11.3. The molecular weight excluding hydrogens is 262 g/mol. The predicted molar refractivity (Wildman–Crippen MR) is 81.0 cm³/mol. The monoisotopic (exact) mass is 277 g/mol. The molecule has 0 N–H and O–H groups in total. The highest BCUT2D eigenvalue weighted by Crippen LogP contribution is 2.42. The fraction of sp³-hybridized carbons (Fsp3) is 0.222. The van der Waals surface area contributed by atoms with Crippen LogP contribution in [-0.2, 0) is 13.0 Å². The Balaban J connectivity index is 1.70. The van der Waals surface area contributed by atoms with E-state index in [0.717, 1.165) is 31.0 Å². The van der Waals surface area contributed by atoms with Gasteiger partial charge in [0.15, 0.2) is 11.5 Å². The van der Waals surface area contributed by atoms with Crippen LogP contribution < -0.4 is 9.47 Å². The van der Waals surface area contributed by atoms with Gasteiger partial charge in [0.05, 0.1) is 0 Å². The van der Waals surface area contributed by atoms with Crippen molar-refractivity contribution in [1.82, 2.24) is 4.90 Å². The summed E-state index contributed by atoms with van der Waals surface area (Å²) in [7, 11) is 0. The summed E-state index contributed by atoms with van der Waals surface area (Å²) in [5, 5.41) is 0. The highest BCUT2D eigenvalue weighted by molar-refractivity contribution is 5.86. The number of nitrogens with zero attached hydrogens (tertiary/aromatic N) is 1. The Morgan fingerprint density at radius 1 is 0.952 bits per heavy atom. The molecule has 0 unspecified atom stereocenters. The Morgan fingerprint density at radius 3 is 2.76 bits per heavy atom. The van der Waals surface area contributed by atoms with Crippen LogP contribution in [0.15, 0.2) is 36.4 Å². The van der Waals surface area contributed by atoms with Crippen LogP contribution in [0.25, 0.3) is 11.8 Å². The van der Waals surface area contributed by atoms with Gasteiger partial charge in [-0.3, -0.25) is 0 Å². The number of hydrogen-bond donors (Lipinski definition) is 0. The van der Waals surface area contributed by atoms with E-state index < -0.39 is 0 Å². The van der Waals surface area contributed by atoms with E-state index in [1.165, 1.54) is 28.0 Å². The fourth-order valence-electron chi connectivity index (χ4n) is 3.48. The van der Waals surface area contributed by atoms with Crippen LogP contribution in [0, 0.1) is 0 Å². The highest BCUT2D eigenvalue weighted by Gasteiger charge is 2.27. The first-order valence-corrected chi connectivity index (χ1v) is 7.36. The molecule has 5 rings (SSSR count). The topological polar surface area (TPSA) is 21.7 Å². The molecule has 3 heteroatoms. The number of hydrogen-bond acceptors (Lipinski definition) is 3. The summed E-state index contributed by atoms with van der Waals surface area (Å²) in [4.78, 5) is 2.47. The SMILES string of the molecule is C1=C2c3cc4c(cc3CCN2Cc2ccccc21)OCO4. The van der Waals surface area contributed by atoms with E-state index in [0.29, 0.717) is 6.79 Å². The van der Waals surface area contributed by atoms with Crippen LogP contribution >= 0.6 is 0 Å². The van der Waals surface area contributed by atoms with Gasteiger partial charge in [-0.15, -0.1) is 0 Å². The second kappa shape index (κ2) is 4.04. The van der Waals surface area contributed by atoms with E-state index in [2.05, 4.69) is 47.4 Å². The van der Waals surface area contributed by atoms with Gasteiger partial charge >= 0.3 is 0 Å². The van der Waals surface area contributed by atoms with E-state index in [9.17, 15) is 0 Å². The number of rotatable bonds is 0. The van der Waals surface area contributed by atoms with E-state index >= 15 is 0 Å². The summed E-state index contributed by atoms with van der Waals surface area (Å²) >= 11 is 0. The molecule has 104 valence electrons. The molecule has 0 amide bonds. The van der Waals surface area contributed by atoms with Crippen LogP contribution in [0.3, 0.4) is 0 Å². The molecule has 0 saturated carbocycles. The van der Waals surface area contributed by atoms with Crippen LogP contribution in [0.1, 0.15) is 22.3 Å². The molecule has 0 aromatic heterocycles. The lowest BCUT2D eigenvalue weighted by Crippen LogP contribution is -2.31.